The highest BCUT2D eigenvalue weighted by Crippen LogP contribution is 2.44. The second kappa shape index (κ2) is 3.49. The van der Waals surface area contributed by atoms with Crippen molar-refractivity contribution in [1.29, 1.82) is 0 Å². The molecule has 1 heterocycles. The maximum absolute atomic E-state index is 3.93. The van der Waals surface area contributed by atoms with Crippen LogP contribution in [0.25, 0.3) is 0 Å². The van der Waals surface area contributed by atoms with Gasteiger partial charge in [-0.25, -0.2) is 0 Å². The Bertz CT molecular complexity index is 196. The van der Waals surface area contributed by atoms with E-state index in [1.54, 1.807) is 0 Å². The van der Waals surface area contributed by atoms with E-state index in [1.807, 2.05) is 0 Å². The van der Waals surface area contributed by atoms with Crippen molar-refractivity contribution in [1.82, 2.24) is 10.2 Å². The van der Waals surface area contributed by atoms with Gasteiger partial charge in [0.1, 0.15) is 0 Å². The third kappa shape index (κ3) is 1.96. The molecule has 1 aliphatic heterocycles. The summed E-state index contributed by atoms with van der Waals surface area (Å²) < 4.78 is 0. The smallest absolute Gasteiger partial charge is 0.0209 e. The van der Waals surface area contributed by atoms with Gasteiger partial charge in [0.25, 0.3) is 0 Å². The highest BCUT2D eigenvalue weighted by molar-refractivity contribution is 4.98. The average Bonchev–Trinajstić information content (AvgIpc) is 3.04. The molecule has 2 aliphatic carbocycles. The fourth-order valence-electron chi connectivity index (χ4n) is 2.91. The average molecular weight is 194 g/mol. The minimum Gasteiger partial charge on any atom is -0.309 e. The Labute approximate surface area is 87.0 Å². The molecule has 0 aromatic rings. The zero-order chi connectivity index (χ0) is 9.54. The van der Waals surface area contributed by atoms with Crippen LogP contribution in [0, 0.1) is 11.8 Å². The number of nitrogens with one attached hydrogen (secondary N) is 1. The zero-order valence-corrected chi connectivity index (χ0v) is 9.21. The number of likely N-dealkylation sites (tertiary alicyclic amines) is 1. The van der Waals surface area contributed by atoms with Gasteiger partial charge in [-0.05, 0) is 57.5 Å². The Morgan fingerprint density at radius 1 is 1.07 bits per heavy atom. The van der Waals surface area contributed by atoms with Crippen molar-refractivity contribution in [2.24, 2.45) is 11.8 Å². The number of likely N-dealkylation sites (N-methyl/N-ethyl adjacent to an activating group) is 1. The molecule has 1 N–H and O–H groups in total. The molecule has 0 aromatic heterocycles. The van der Waals surface area contributed by atoms with E-state index in [-0.39, 0.29) is 0 Å². The van der Waals surface area contributed by atoms with Gasteiger partial charge in [0.05, 0.1) is 0 Å². The van der Waals surface area contributed by atoms with E-state index in [9.17, 15) is 0 Å². The third-order valence-electron chi connectivity index (χ3n) is 4.08. The van der Waals surface area contributed by atoms with Crippen LogP contribution in [0.1, 0.15) is 32.1 Å². The van der Waals surface area contributed by atoms with Crippen LogP contribution in [0.2, 0.25) is 0 Å². The van der Waals surface area contributed by atoms with E-state index < -0.39 is 0 Å². The molecule has 1 atom stereocenters. The van der Waals surface area contributed by atoms with Crippen LogP contribution in [-0.2, 0) is 0 Å². The van der Waals surface area contributed by atoms with Crippen molar-refractivity contribution in [2.45, 2.75) is 44.2 Å². The van der Waals surface area contributed by atoms with Gasteiger partial charge in [-0.3, -0.25) is 0 Å². The molecule has 2 heteroatoms. The van der Waals surface area contributed by atoms with E-state index >= 15 is 0 Å². The van der Waals surface area contributed by atoms with Crippen LogP contribution < -0.4 is 5.32 Å². The molecule has 0 bridgehead atoms. The van der Waals surface area contributed by atoms with Gasteiger partial charge in [0.2, 0.25) is 0 Å². The molecule has 0 aromatic carbocycles. The minimum atomic E-state index is 0.797. The molecule has 0 spiro atoms. The van der Waals surface area contributed by atoms with Crippen LogP contribution >= 0.6 is 0 Å². The first kappa shape index (κ1) is 9.17. The quantitative estimate of drug-likeness (QED) is 0.729. The lowest BCUT2D eigenvalue weighted by Crippen LogP contribution is -2.42. The second-order valence-electron chi connectivity index (χ2n) is 5.62. The topological polar surface area (TPSA) is 15.3 Å². The van der Waals surface area contributed by atoms with E-state index in [0.29, 0.717) is 0 Å². The Kier molecular flexibility index (Phi) is 2.29. The molecule has 3 aliphatic rings. The first-order valence-corrected chi connectivity index (χ1v) is 6.27. The standard InChI is InChI=1S/C12H22N2/c1-14-7-6-11(8-14)13-12(9-2-3-9)10-4-5-10/h9-13H,2-8H2,1H3. The lowest BCUT2D eigenvalue weighted by molar-refractivity contribution is 0.345. The molecular weight excluding hydrogens is 172 g/mol. The molecule has 1 saturated heterocycles. The normalized spacial score (nSPS) is 34.3. The summed E-state index contributed by atoms with van der Waals surface area (Å²) in [6, 6.07) is 1.69. The van der Waals surface area contributed by atoms with E-state index in [4.69, 9.17) is 0 Å². The summed E-state index contributed by atoms with van der Waals surface area (Å²) in [4.78, 5) is 2.45. The van der Waals surface area contributed by atoms with Crippen LogP contribution in [0.3, 0.4) is 0 Å². The van der Waals surface area contributed by atoms with Crippen molar-refractivity contribution in [2.75, 3.05) is 20.1 Å². The fraction of sp³-hybridized carbons (Fsp3) is 1.00. The Morgan fingerprint density at radius 3 is 2.14 bits per heavy atom. The fourth-order valence-corrected chi connectivity index (χ4v) is 2.91. The van der Waals surface area contributed by atoms with Crippen molar-refractivity contribution in [3.63, 3.8) is 0 Å². The summed E-state index contributed by atoms with van der Waals surface area (Å²) in [5, 5.41) is 3.93. The summed E-state index contributed by atoms with van der Waals surface area (Å²) in [6.07, 6.45) is 7.35. The predicted octanol–water partition coefficient (Wildman–Crippen LogP) is 1.47. The van der Waals surface area contributed by atoms with Crippen LogP contribution in [0.15, 0.2) is 0 Å². The molecule has 1 unspecified atom stereocenters. The summed E-state index contributed by atoms with van der Waals surface area (Å²) >= 11 is 0. The molecule has 14 heavy (non-hydrogen) atoms. The van der Waals surface area contributed by atoms with Gasteiger partial charge in [-0.2, -0.15) is 0 Å². The monoisotopic (exact) mass is 194 g/mol. The highest BCUT2D eigenvalue weighted by atomic mass is 15.2. The summed E-state index contributed by atoms with van der Waals surface area (Å²) in [6.45, 7) is 2.57. The predicted molar refractivity (Wildman–Crippen MR) is 58.3 cm³/mol. The van der Waals surface area contributed by atoms with Gasteiger partial charge >= 0.3 is 0 Å². The van der Waals surface area contributed by atoms with Crippen LogP contribution in [0.5, 0.6) is 0 Å². The van der Waals surface area contributed by atoms with Gasteiger partial charge in [-0.15, -0.1) is 0 Å². The maximum Gasteiger partial charge on any atom is 0.0209 e. The highest BCUT2D eigenvalue weighted by Gasteiger charge is 2.42. The number of hydrogen-bond acceptors (Lipinski definition) is 2. The zero-order valence-electron chi connectivity index (χ0n) is 9.21. The molecule has 0 radical (unpaired) electrons. The maximum atomic E-state index is 3.93. The molecule has 3 fully saturated rings. The number of rotatable bonds is 4. The Morgan fingerprint density at radius 2 is 1.71 bits per heavy atom. The summed E-state index contributed by atoms with van der Waals surface area (Å²) in [5.74, 6) is 2.10. The van der Waals surface area contributed by atoms with Gasteiger partial charge < -0.3 is 10.2 Å². The van der Waals surface area contributed by atoms with E-state index in [1.165, 1.54) is 45.2 Å². The van der Waals surface area contributed by atoms with Crippen molar-refractivity contribution in [3.05, 3.63) is 0 Å². The molecule has 2 saturated carbocycles. The molecule has 2 nitrogen and oxygen atoms in total. The third-order valence-corrected chi connectivity index (χ3v) is 4.08. The molecule has 80 valence electrons. The lowest BCUT2D eigenvalue weighted by Gasteiger charge is -2.22. The Balaban J connectivity index is 1.53. The largest absolute Gasteiger partial charge is 0.309 e. The SMILES string of the molecule is CN1CCC(NC(C2CC2)C2CC2)C1. The minimum absolute atomic E-state index is 0.797. The Hall–Kier alpha value is -0.0800. The molecule has 0 amide bonds. The van der Waals surface area contributed by atoms with Crippen molar-refractivity contribution >= 4 is 0 Å². The van der Waals surface area contributed by atoms with Crippen LogP contribution in [0.4, 0.5) is 0 Å². The first-order valence-electron chi connectivity index (χ1n) is 6.27. The molecule has 3 rings (SSSR count). The lowest BCUT2D eigenvalue weighted by atomic mass is 10.1. The first-order chi connectivity index (χ1) is 6.83. The van der Waals surface area contributed by atoms with Gasteiger partial charge in [0.15, 0.2) is 0 Å². The molecular formula is C12H22N2. The summed E-state index contributed by atoms with van der Waals surface area (Å²) in [7, 11) is 2.24. The number of nitrogens with zero attached hydrogens (tertiary/aromatic N) is 1. The van der Waals surface area contributed by atoms with Crippen molar-refractivity contribution < 1.29 is 0 Å². The van der Waals surface area contributed by atoms with Gasteiger partial charge in [-0.1, -0.05) is 0 Å². The second-order valence-corrected chi connectivity index (χ2v) is 5.62. The van der Waals surface area contributed by atoms with Gasteiger partial charge in [0, 0.05) is 18.6 Å². The van der Waals surface area contributed by atoms with E-state index in [0.717, 1.165) is 23.9 Å². The summed E-state index contributed by atoms with van der Waals surface area (Å²) in [5.41, 5.74) is 0. The van der Waals surface area contributed by atoms with Crippen molar-refractivity contribution in [3.8, 4) is 0 Å². The van der Waals surface area contributed by atoms with Crippen LogP contribution in [-0.4, -0.2) is 37.1 Å². The number of hydrogen-bond donors (Lipinski definition) is 1. The van der Waals surface area contributed by atoms with E-state index in [2.05, 4.69) is 17.3 Å².